The Bertz CT molecular complexity index is 809. The molecule has 2 aromatic rings. The van der Waals surface area contributed by atoms with Gasteiger partial charge in [0, 0.05) is 22.3 Å². The summed E-state index contributed by atoms with van der Waals surface area (Å²) in [7, 11) is 0. The van der Waals surface area contributed by atoms with Crippen molar-refractivity contribution in [2.24, 2.45) is 0 Å². The fraction of sp³-hybridized carbons (Fsp3) is 0.200. The number of anilines is 2. The van der Waals surface area contributed by atoms with Gasteiger partial charge < -0.3 is 15.7 Å². The monoisotopic (exact) mass is 332 g/mol. The SMILES string of the molecule is C[C@@H](Nc1ncc2c(n1)-c1ccc(Cl)cc1NC(=O)C2)C(=O)O. The van der Waals surface area contributed by atoms with Crippen LogP contribution in [0.3, 0.4) is 0 Å². The summed E-state index contributed by atoms with van der Waals surface area (Å²) in [6.45, 7) is 1.50. The Labute approximate surface area is 136 Å². The smallest absolute Gasteiger partial charge is 0.325 e. The molecule has 118 valence electrons. The molecule has 3 N–H and O–H groups in total. The lowest BCUT2D eigenvalue weighted by Gasteiger charge is -2.12. The lowest BCUT2D eigenvalue weighted by atomic mass is 10.1. The van der Waals surface area contributed by atoms with Crippen molar-refractivity contribution in [1.29, 1.82) is 0 Å². The van der Waals surface area contributed by atoms with Gasteiger partial charge in [0.2, 0.25) is 11.9 Å². The number of aliphatic carboxylic acids is 1. The minimum absolute atomic E-state index is 0.135. The number of rotatable bonds is 3. The van der Waals surface area contributed by atoms with E-state index in [0.717, 1.165) is 0 Å². The molecule has 1 aromatic carbocycles. The topological polar surface area (TPSA) is 104 Å². The number of aromatic nitrogens is 2. The molecular weight excluding hydrogens is 320 g/mol. The lowest BCUT2D eigenvalue weighted by molar-refractivity contribution is -0.137. The molecule has 0 saturated heterocycles. The minimum atomic E-state index is -1.01. The quantitative estimate of drug-likeness (QED) is 0.795. The normalized spacial score (nSPS) is 14.1. The first-order valence-electron chi connectivity index (χ1n) is 6.89. The number of fused-ring (bicyclic) bond motifs is 3. The molecule has 0 radical (unpaired) electrons. The zero-order valence-corrected chi connectivity index (χ0v) is 12.9. The molecule has 0 fully saturated rings. The average molecular weight is 333 g/mol. The second kappa shape index (κ2) is 5.85. The molecule has 0 spiro atoms. The van der Waals surface area contributed by atoms with Gasteiger partial charge in [-0.05, 0) is 25.1 Å². The van der Waals surface area contributed by atoms with Gasteiger partial charge in [0.25, 0.3) is 0 Å². The third-order valence-corrected chi connectivity index (χ3v) is 3.68. The van der Waals surface area contributed by atoms with Gasteiger partial charge in [-0.2, -0.15) is 0 Å². The molecule has 1 amide bonds. The van der Waals surface area contributed by atoms with E-state index in [0.29, 0.717) is 27.5 Å². The summed E-state index contributed by atoms with van der Waals surface area (Å²) in [4.78, 5) is 31.4. The molecule has 1 aliphatic heterocycles. The number of benzene rings is 1. The highest BCUT2D eigenvalue weighted by molar-refractivity contribution is 6.31. The molecule has 8 heteroatoms. The Morgan fingerprint density at radius 1 is 1.48 bits per heavy atom. The third-order valence-electron chi connectivity index (χ3n) is 3.44. The number of carbonyl (C=O) groups excluding carboxylic acids is 1. The summed E-state index contributed by atoms with van der Waals surface area (Å²) in [5.74, 6) is -1.00. The van der Waals surface area contributed by atoms with E-state index in [2.05, 4.69) is 20.6 Å². The second-order valence-electron chi connectivity index (χ2n) is 5.19. The van der Waals surface area contributed by atoms with E-state index in [-0.39, 0.29) is 18.3 Å². The minimum Gasteiger partial charge on any atom is -0.480 e. The van der Waals surface area contributed by atoms with Crippen LogP contribution >= 0.6 is 11.6 Å². The predicted octanol–water partition coefficient (Wildman–Crippen LogP) is 2.18. The molecule has 0 saturated carbocycles. The van der Waals surface area contributed by atoms with Crippen LogP contribution in [0, 0.1) is 0 Å². The number of hydrogen-bond donors (Lipinski definition) is 3. The summed E-state index contributed by atoms with van der Waals surface area (Å²) in [5, 5.41) is 15.0. The Morgan fingerprint density at radius 3 is 3.00 bits per heavy atom. The van der Waals surface area contributed by atoms with Gasteiger partial charge in [0.1, 0.15) is 6.04 Å². The van der Waals surface area contributed by atoms with Crippen LogP contribution in [0.25, 0.3) is 11.3 Å². The van der Waals surface area contributed by atoms with Crippen molar-refractivity contribution < 1.29 is 14.7 Å². The molecule has 7 nitrogen and oxygen atoms in total. The van der Waals surface area contributed by atoms with Crippen LogP contribution in [-0.4, -0.2) is 33.0 Å². The van der Waals surface area contributed by atoms with Crippen molar-refractivity contribution in [3.05, 3.63) is 35.0 Å². The van der Waals surface area contributed by atoms with E-state index in [1.165, 1.54) is 13.1 Å². The number of carboxylic acids is 1. The second-order valence-corrected chi connectivity index (χ2v) is 5.62. The van der Waals surface area contributed by atoms with Gasteiger partial charge in [-0.3, -0.25) is 9.59 Å². The van der Waals surface area contributed by atoms with Gasteiger partial charge in [0.05, 0.1) is 17.8 Å². The molecule has 1 aromatic heterocycles. The van der Waals surface area contributed by atoms with Crippen molar-refractivity contribution in [2.45, 2.75) is 19.4 Å². The maximum atomic E-state index is 12.0. The number of nitrogens with one attached hydrogen (secondary N) is 2. The van der Waals surface area contributed by atoms with E-state index >= 15 is 0 Å². The maximum absolute atomic E-state index is 12.0. The maximum Gasteiger partial charge on any atom is 0.325 e. The van der Waals surface area contributed by atoms with Crippen LogP contribution in [0.4, 0.5) is 11.6 Å². The van der Waals surface area contributed by atoms with Crippen molar-refractivity contribution in [3.8, 4) is 11.3 Å². The van der Waals surface area contributed by atoms with Gasteiger partial charge in [-0.15, -0.1) is 0 Å². The highest BCUT2D eigenvalue weighted by Crippen LogP contribution is 2.34. The number of nitrogens with zero attached hydrogens (tertiary/aromatic N) is 2. The van der Waals surface area contributed by atoms with E-state index in [1.54, 1.807) is 18.2 Å². The first kappa shape index (κ1) is 15.2. The average Bonchev–Trinajstić information content (AvgIpc) is 2.61. The fourth-order valence-electron chi connectivity index (χ4n) is 2.29. The Hall–Kier alpha value is -2.67. The molecule has 0 aliphatic carbocycles. The summed E-state index contributed by atoms with van der Waals surface area (Å²) in [6.07, 6.45) is 1.67. The van der Waals surface area contributed by atoms with Crippen molar-refractivity contribution >= 4 is 35.1 Å². The van der Waals surface area contributed by atoms with Crippen LogP contribution < -0.4 is 10.6 Å². The Balaban J connectivity index is 2.08. The lowest BCUT2D eigenvalue weighted by Crippen LogP contribution is -2.26. The van der Waals surface area contributed by atoms with Gasteiger partial charge in [-0.25, -0.2) is 9.97 Å². The summed E-state index contributed by atoms with van der Waals surface area (Å²) < 4.78 is 0. The molecule has 0 unspecified atom stereocenters. The first-order chi connectivity index (χ1) is 10.9. The molecule has 1 aliphatic rings. The van der Waals surface area contributed by atoms with Crippen LogP contribution in [0.15, 0.2) is 24.4 Å². The van der Waals surface area contributed by atoms with E-state index in [1.807, 2.05) is 0 Å². The standard InChI is InChI=1S/C15H13ClN4O3/c1-7(14(22)23)18-15-17-6-8-4-12(21)19-11-5-9(16)2-3-10(11)13(8)20-15/h2-3,5-7H,4H2,1H3,(H,19,21)(H,22,23)(H,17,18,20)/t7-/m1/s1. The van der Waals surface area contributed by atoms with Gasteiger partial charge in [-0.1, -0.05) is 11.6 Å². The molecule has 23 heavy (non-hydrogen) atoms. The summed E-state index contributed by atoms with van der Waals surface area (Å²) >= 11 is 5.98. The summed E-state index contributed by atoms with van der Waals surface area (Å²) in [6, 6.07) is 4.29. The van der Waals surface area contributed by atoms with E-state index in [9.17, 15) is 9.59 Å². The van der Waals surface area contributed by atoms with E-state index < -0.39 is 12.0 Å². The number of halogens is 1. The number of carboxylic acid groups (broad SMARTS) is 1. The molecule has 0 bridgehead atoms. The van der Waals surface area contributed by atoms with Crippen molar-refractivity contribution in [1.82, 2.24) is 9.97 Å². The van der Waals surface area contributed by atoms with Crippen molar-refractivity contribution in [3.63, 3.8) is 0 Å². The first-order valence-corrected chi connectivity index (χ1v) is 7.27. The molecule has 3 rings (SSSR count). The van der Waals surface area contributed by atoms with Crippen LogP contribution in [0.2, 0.25) is 5.02 Å². The zero-order valence-electron chi connectivity index (χ0n) is 12.1. The Kier molecular flexibility index (Phi) is 3.87. The van der Waals surface area contributed by atoms with Crippen molar-refractivity contribution in [2.75, 3.05) is 10.6 Å². The number of hydrogen-bond acceptors (Lipinski definition) is 5. The highest BCUT2D eigenvalue weighted by atomic mass is 35.5. The number of carbonyl (C=O) groups is 2. The zero-order chi connectivity index (χ0) is 16.6. The van der Waals surface area contributed by atoms with Crippen LogP contribution in [0.5, 0.6) is 0 Å². The van der Waals surface area contributed by atoms with Crippen LogP contribution in [-0.2, 0) is 16.0 Å². The third kappa shape index (κ3) is 3.09. The van der Waals surface area contributed by atoms with E-state index in [4.69, 9.17) is 16.7 Å². The molecule has 2 heterocycles. The van der Waals surface area contributed by atoms with Gasteiger partial charge in [0.15, 0.2) is 0 Å². The highest BCUT2D eigenvalue weighted by Gasteiger charge is 2.22. The van der Waals surface area contributed by atoms with Crippen LogP contribution in [0.1, 0.15) is 12.5 Å². The molecule has 1 atom stereocenters. The predicted molar refractivity (Wildman–Crippen MR) is 85.5 cm³/mol. The summed E-state index contributed by atoms with van der Waals surface area (Å²) in [5.41, 5.74) is 2.52. The Morgan fingerprint density at radius 2 is 2.26 bits per heavy atom. The van der Waals surface area contributed by atoms with Gasteiger partial charge >= 0.3 is 5.97 Å². The fourth-order valence-corrected chi connectivity index (χ4v) is 2.46. The number of amides is 1. The molecular formula is C15H13ClN4O3. The largest absolute Gasteiger partial charge is 0.480 e.